The molecule has 132 valence electrons. The second-order valence-corrected chi connectivity index (χ2v) is 5.67. The maximum absolute atomic E-state index is 12.8. The Morgan fingerprint density at radius 2 is 1.48 bits per heavy atom. The lowest BCUT2D eigenvalue weighted by Crippen LogP contribution is -2.31. The number of carbonyl (C=O) groups excluding carboxylic acids is 2. The van der Waals surface area contributed by atoms with Crippen LogP contribution in [0.3, 0.4) is 0 Å². The average Bonchev–Trinajstić information content (AvgIpc) is 2.60. The Labute approximate surface area is 147 Å². The zero-order chi connectivity index (χ0) is 18.4. The van der Waals surface area contributed by atoms with E-state index in [1.54, 1.807) is 42.5 Å². The Kier molecular flexibility index (Phi) is 6.00. The van der Waals surface area contributed by atoms with Crippen LogP contribution in [0.15, 0.2) is 42.5 Å². The van der Waals surface area contributed by atoms with Gasteiger partial charge in [0.1, 0.15) is 17.1 Å². The summed E-state index contributed by atoms with van der Waals surface area (Å²) in [4.78, 5) is 25.1. The molecule has 0 bridgehead atoms. The van der Waals surface area contributed by atoms with Crippen LogP contribution in [0.4, 0.5) is 5.69 Å². The first-order valence-corrected chi connectivity index (χ1v) is 7.90. The molecule has 2 N–H and O–H groups in total. The molecule has 0 spiro atoms. The third-order valence-electron chi connectivity index (χ3n) is 3.49. The summed E-state index contributed by atoms with van der Waals surface area (Å²) in [7, 11) is 2.96. The summed E-state index contributed by atoms with van der Waals surface area (Å²) >= 11 is 0. The highest BCUT2D eigenvalue weighted by Gasteiger charge is 2.20. The first-order chi connectivity index (χ1) is 12.0. The van der Waals surface area contributed by atoms with E-state index in [0.29, 0.717) is 22.7 Å². The van der Waals surface area contributed by atoms with Gasteiger partial charge < -0.3 is 20.1 Å². The van der Waals surface area contributed by atoms with Crippen LogP contribution in [0.1, 0.15) is 34.6 Å². The molecule has 0 saturated carbocycles. The van der Waals surface area contributed by atoms with Crippen molar-refractivity contribution in [3.8, 4) is 11.5 Å². The summed E-state index contributed by atoms with van der Waals surface area (Å²) in [6, 6.07) is 11.9. The molecule has 6 nitrogen and oxygen atoms in total. The third kappa shape index (κ3) is 4.29. The minimum atomic E-state index is -0.418. The number of rotatable bonds is 6. The number of ether oxygens (including phenoxy) is 2. The topological polar surface area (TPSA) is 76.7 Å². The molecule has 0 unspecified atom stereocenters. The molecular weight excluding hydrogens is 320 g/mol. The molecule has 0 aliphatic rings. The summed E-state index contributed by atoms with van der Waals surface area (Å²) < 4.78 is 10.5. The highest BCUT2D eigenvalue weighted by atomic mass is 16.5. The number of nitrogens with one attached hydrogen (secondary N) is 2. The summed E-state index contributed by atoms with van der Waals surface area (Å²) in [5.41, 5.74) is 1.07. The number of benzene rings is 2. The first kappa shape index (κ1) is 18.3. The van der Waals surface area contributed by atoms with E-state index >= 15 is 0 Å². The van der Waals surface area contributed by atoms with Crippen molar-refractivity contribution in [3.05, 3.63) is 53.6 Å². The Morgan fingerprint density at radius 3 is 2.04 bits per heavy atom. The number of carbonyl (C=O) groups is 2. The number of amides is 2. The summed E-state index contributed by atoms with van der Waals surface area (Å²) in [5.74, 6) is 0.110. The number of methoxy groups -OCH3 is 2. The summed E-state index contributed by atoms with van der Waals surface area (Å²) in [6.07, 6.45) is 0. The number of hydrogen-bond donors (Lipinski definition) is 2. The molecule has 0 aliphatic carbocycles. The highest BCUT2D eigenvalue weighted by molar-refractivity contribution is 6.11. The zero-order valence-corrected chi connectivity index (χ0v) is 14.8. The van der Waals surface area contributed by atoms with E-state index in [9.17, 15) is 9.59 Å². The fourth-order valence-electron chi connectivity index (χ4n) is 2.39. The van der Waals surface area contributed by atoms with Crippen LogP contribution in [-0.4, -0.2) is 32.1 Å². The van der Waals surface area contributed by atoms with Gasteiger partial charge in [-0.1, -0.05) is 18.2 Å². The normalized spacial score (nSPS) is 10.3. The predicted molar refractivity (Wildman–Crippen MR) is 96.5 cm³/mol. The van der Waals surface area contributed by atoms with Gasteiger partial charge in [-0.05, 0) is 38.1 Å². The molecule has 0 fully saturated rings. The molecule has 0 heterocycles. The highest BCUT2D eigenvalue weighted by Crippen LogP contribution is 2.29. The monoisotopic (exact) mass is 342 g/mol. The number of anilines is 1. The number of hydrogen-bond acceptors (Lipinski definition) is 4. The van der Waals surface area contributed by atoms with Crippen LogP contribution in [0.25, 0.3) is 0 Å². The van der Waals surface area contributed by atoms with E-state index in [-0.39, 0.29) is 17.5 Å². The molecule has 0 aliphatic heterocycles. The average molecular weight is 342 g/mol. The lowest BCUT2D eigenvalue weighted by molar-refractivity contribution is 0.0944. The molecule has 0 atom stereocenters. The van der Waals surface area contributed by atoms with Crippen LogP contribution in [0.5, 0.6) is 11.5 Å². The van der Waals surface area contributed by atoms with Crippen molar-refractivity contribution in [1.29, 1.82) is 0 Å². The summed E-state index contributed by atoms with van der Waals surface area (Å²) in [5, 5.41) is 5.59. The van der Waals surface area contributed by atoms with E-state index in [1.807, 2.05) is 13.8 Å². The second kappa shape index (κ2) is 8.19. The van der Waals surface area contributed by atoms with Gasteiger partial charge in [0, 0.05) is 6.04 Å². The molecule has 2 aromatic carbocycles. The van der Waals surface area contributed by atoms with Crippen LogP contribution in [-0.2, 0) is 0 Å². The number of para-hydroxylation sites is 1. The van der Waals surface area contributed by atoms with Crippen LogP contribution in [0, 0.1) is 0 Å². The molecule has 0 radical (unpaired) electrons. The van der Waals surface area contributed by atoms with Gasteiger partial charge in [-0.25, -0.2) is 0 Å². The smallest absolute Gasteiger partial charge is 0.263 e. The van der Waals surface area contributed by atoms with Crippen molar-refractivity contribution in [2.45, 2.75) is 19.9 Å². The molecule has 2 amide bonds. The predicted octanol–water partition coefficient (Wildman–Crippen LogP) is 3.09. The maximum Gasteiger partial charge on any atom is 0.263 e. The van der Waals surface area contributed by atoms with E-state index in [4.69, 9.17) is 9.47 Å². The fraction of sp³-hybridized carbons (Fsp3) is 0.263. The van der Waals surface area contributed by atoms with Gasteiger partial charge in [0.05, 0.1) is 25.5 Å². The molecule has 2 rings (SSSR count). The first-order valence-electron chi connectivity index (χ1n) is 7.90. The molecule has 0 aromatic heterocycles. The Balaban J connectivity index is 2.35. The minimum Gasteiger partial charge on any atom is -0.496 e. The largest absolute Gasteiger partial charge is 0.496 e. The van der Waals surface area contributed by atoms with Crippen molar-refractivity contribution in [2.75, 3.05) is 19.5 Å². The van der Waals surface area contributed by atoms with E-state index in [2.05, 4.69) is 10.6 Å². The van der Waals surface area contributed by atoms with E-state index < -0.39 is 5.91 Å². The van der Waals surface area contributed by atoms with Gasteiger partial charge in [-0.3, -0.25) is 9.59 Å². The molecular formula is C19H22N2O4. The van der Waals surface area contributed by atoms with E-state index in [0.717, 1.165) is 0 Å². The SMILES string of the molecule is COc1cccc(OC)c1C(=O)Nc1ccccc1C(=O)NC(C)C. The van der Waals surface area contributed by atoms with Crippen LogP contribution in [0.2, 0.25) is 0 Å². The van der Waals surface area contributed by atoms with Crippen LogP contribution >= 0.6 is 0 Å². The lowest BCUT2D eigenvalue weighted by Gasteiger charge is -2.15. The van der Waals surface area contributed by atoms with Crippen molar-refractivity contribution in [1.82, 2.24) is 5.32 Å². The maximum atomic E-state index is 12.8. The molecule has 6 heteroatoms. The Hall–Kier alpha value is -3.02. The lowest BCUT2D eigenvalue weighted by atomic mass is 10.1. The van der Waals surface area contributed by atoms with Gasteiger partial charge in [0.25, 0.3) is 11.8 Å². The van der Waals surface area contributed by atoms with Gasteiger partial charge in [0.2, 0.25) is 0 Å². The quantitative estimate of drug-likeness (QED) is 0.846. The van der Waals surface area contributed by atoms with Gasteiger partial charge in [-0.15, -0.1) is 0 Å². The fourth-order valence-corrected chi connectivity index (χ4v) is 2.39. The molecule has 25 heavy (non-hydrogen) atoms. The minimum absolute atomic E-state index is 0.00873. The van der Waals surface area contributed by atoms with Gasteiger partial charge in [0.15, 0.2) is 0 Å². The van der Waals surface area contributed by atoms with Crippen LogP contribution < -0.4 is 20.1 Å². The van der Waals surface area contributed by atoms with Crippen molar-refractivity contribution >= 4 is 17.5 Å². The second-order valence-electron chi connectivity index (χ2n) is 5.67. The standard InChI is InChI=1S/C19H22N2O4/c1-12(2)20-18(22)13-8-5-6-9-14(13)21-19(23)17-15(24-3)10-7-11-16(17)25-4/h5-12H,1-4H3,(H,20,22)(H,21,23). The zero-order valence-electron chi connectivity index (χ0n) is 14.8. The van der Waals surface area contributed by atoms with E-state index in [1.165, 1.54) is 14.2 Å². The van der Waals surface area contributed by atoms with Crippen molar-refractivity contribution in [3.63, 3.8) is 0 Å². The van der Waals surface area contributed by atoms with Crippen molar-refractivity contribution in [2.24, 2.45) is 0 Å². The third-order valence-corrected chi connectivity index (χ3v) is 3.49. The Bertz CT molecular complexity index is 750. The molecule has 0 saturated heterocycles. The van der Waals surface area contributed by atoms with Gasteiger partial charge >= 0.3 is 0 Å². The van der Waals surface area contributed by atoms with Crippen molar-refractivity contribution < 1.29 is 19.1 Å². The summed E-state index contributed by atoms with van der Waals surface area (Å²) in [6.45, 7) is 3.75. The molecule has 2 aromatic rings. The van der Waals surface area contributed by atoms with Gasteiger partial charge in [-0.2, -0.15) is 0 Å². The Morgan fingerprint density at radius 1 is 0.880 bits per heavy atom.